The molecule has 0 spiro atoms. The summed E-state index contributed by atoms with van der Waals surface area (Å²) in [5.74, 6) is 0.150. The Balaban J connectivity index is 1.24. The summed E-state index contributed by atoms with van der Waals surface area (Å²) in [4.78, 5) is 24.3. The number of esters is 2. The molecule has 4 saturated carbocycles. The molecule has 2 N–H and O–H groups in total. The maximum absolute atomic E-state index is 12.7. The zero-order valence-corrected chi connectivity index (χ0v) is 23.9. The molecule has 12 unspecified atom stereocenters. The number of carbonyl (C=O) groups excluding carboxylic acids is 2. The largest absolute Gasteiger partial charge is 0.462 e. The summed E-state index contributed by atoms with van der Waals surface area (Å²) < 4.78 is 23.7. The first-order chi connectivity index (χ1) is 18.5. The third-order valence-corrected chi connectivity index (χ3v) is 12.3. The molecule has 0 aromatic carbocycles. The van der Waals surface area contributed by atoms with E-state index in [1.807, 2.05) is 6.92 Å². The van der Waals surface area contributed by atoms with Gasteiger partial charge in [0.2, 0.25) is 0 Å². The molecule has 0 radical (unpaired) electrons. The van der Waals surface area contributed by atoms with Gasteiger partial charge in [0.05, 0.1) is 23.9 Å². The molecule has 4 aliphatic carbocycles. The third-order valence-electron chi connectivity index (χ3n) is 12.3. The molecule has 39 heavy (non-hydrogen) atoms. The van der Waals surface area contributed by atoms with Crippen molar-refractivity contribution in [1.29, 1.82) is 0 Å². The molecule has 6 rings (SSSR count). The molecule has 1 saturated heterocycles. The molecule has 218 valence electrons. The van der Waals surface area contributed by atoms with Crippen LogP contribution in [-0.4, -0.2) is 65.1 Å². The van der Waals surface area contributed by atoms with E-state index in [1.165, 1.54) is 6.92 Å². The first-order valence-electron chi connectivity index (χ1n) is 15.2. The van der Waals surface area contributed by atoms with Gasteiger partial charge < -0.3 is 29.2 Å². The molecule has 0 bridgehead atoms. The van der Waals surface area contributed by atoms with Crippen LogP contribution in [0.3, 0.4) is 0 Å². The fourth-order valence-electron chi connectivity index (χ4n) is 10.1. The van der Waals surface area contributed by atoms with Crippen molar-refractivity contribution in [3.63, 3.8) is 0 Å². The number of hydrogen-bond acceptors (Lipinski definition) is 8. The van der Waals surface area contributed by atoms with Crippen molar-refractivity contribution >= 4 is 11.9 Å². The van der Waals surface area contributed by atoms with Crippen molar-refractivity contribution in [2.75, 3.05) is 6.61 Å². The van der Waals surface area contributed by atoms with E-state index in [0.29, 0.717) is 18.8 Å². The van der Waals surface area contributed by atoms with E-state index in [0.717, 1.165) is 56.9 Å². The second-order valence-corrected chi connectivity index (χ2v) is 13.9. The van der Waals surface area contributed by atoms with Crippen molar-refractivity contribution in [3.05, 3.63) is 11.6 Å². The maximum atomic E-state index is 12.7. The van der Waals surface area contributed by atoms with E-state index in [9.17, 15) is 19.8 Å². The fourth-order valence-corrected chi connectivity index (χ4v) is 10.1. The van der Waals surface area contributed by atoms with Gasteiger partial charge in [0.25, 0.3) is 0 Å². The van der Waals surface area contributed by atoms with Crippen molar-refractivity contribution in [2.24, 2.45) is 34.5 Å². The highest BCUT2D eigenvalue weighted by Gasteiger charge is 2.72. The predicted octanol–water partition coefficient (Wildman–Crippen LogP) is 4.06. The van der Waals surface area contributed by atoms with Crippen molar-refractivity contribution in [2.45, 2.75) is 128 Å². The van der Waals surface area contributed by atoms with Crippen molar-refractivity contribution in [1.82, 2.24) is 0 Å². The lowest BCUT2D eigenvalue weighted by molar-refractivity contribution is -0.264. The molecular weight excluding hydrogens is 500 g/mol. The number of hydrogen-bond donors (Lipinski definition) is 2. The Hall–Kier alpha value is -1.48. The average Bonchev–Trinajstić information content (AvgIpc) is 3.42. The summed E-state index contributed by atoms with van der Waals surface area (Å²) in [6.45, 7) is 8.12. The third kappa shape index (κ3) is 4.31. The number of ether oxygens (including phenoxy) is 4. The molecule has 8 heteroatoms. The van der Waals surface area contributed by atoms with Crippen LogP contribution in [0.1, 0.15) is 91.9 Å². The molecule has 12 atom stereocenters. The highest BCUT2D eigenvalue weighted by Crippen LogP contribution is 2.70. The van der Waals surface area contributed by atoms with Crippen LogP contribution in [0, 0.1) is 34.5 Å². The molecule has 5 fully saturated rings. The molecule has 8 nitrogen and oxygen atoms in total. The van der Waals surface area contributed by atoms with Crippen LogP contribution < -0.4 is 0 Å². The Bertz CT molecular complexity index is 1030. The van der Waals surface area contributed by atoms with E-state index >= 15 is 0 Å². The second-order valence-electron chi connectivity index (χ2n) is 13.9. The lowest BCUT2D eigenvalue weighted by Crippen LogP contribution is -2.67. The predicted molar refractivity (Wildman–Crippen MR) is 141 cm³/mol. The van der Waals surface area contributed by atoms with Crippen LogP contribution in [0.5, 0.6) is 0 Å². The van der Waals surface area contributed by atoms with Crippen LogP contribution in [0.15, 0.2) is 11.6 Å². The van der Waals surface area contributed by atoms with E-state index < -0.39 is 23.2 Å². The summed E-state index contributed by atoms with van der Waals surface area (Å²) in [6.07, 6.45) is 8.91. The number of cyclic esters (lactones) is 1. The van der Waals surface area contributed by atoms with Crippen LogP contribution in [0.4, 0.5) is 0 Å². The summed E-state index contributed by atoms with van der Waals surface area (Å²) in [5, 5.41) is 22.7. The molecule has 2 heterocycles. The van der Waals surface area contributed by atoms with Gasteiger partial charge in [0.1, 0.15) is 12.7 Å². The normalized spacial score (nSPS) is 51.3. The lowest BCUT2D eigenvalue weighted by atomic mass is 9.42. The van der Waals surface area contributed by atoms with Crippen LogP contribution >= 0.6 is 0 Å². The minimum atomic E-state index is -0.971. The van der Waals surface area contributed by atoms with Gasteiger partial charge in [-0.2, -0.15) is 0 Å². The number of carbonyl (C=O) groups is 2. The monoisotopic (exact) mass is 546 g/mol. The molecular formula is C31H46O8. The zero-order chi connectivity index (χ0) is 27.7. The minimum Gasteiger partial charge on any atom is -0.462 e. The SMILES string of the molecule is CC(=O)OC1CC2C(CCC3CC(OC4CCC(O)C(C)O4)CCC32C)C2(O)CCC(C3=CC(=O)OC3)C12C. The first kappa shape index (κ1) is 27.7. The van der Waals surface area contributed by atoms with Gasteiger partial charge in [-0.1, -0.05) is 13.8 Å². The van der Waals surface area contributed by atoms with Gasteiger partial charge in [-0.05, 0) is 99.4 Å². The van der Waals surface area contributed by atoms with Crippen LogP contribution in [-0.2, 0) is 28.5 Å². The number of aliphatic hydroxyl groups excluding tert-OH is 1. The number of fused-ring (bicyclic) bond motifs is 5. The summed E-state index contributed by atoms with van der Waals surface area (Å²) >= 11 is 0. The van der Waals surface area contributed by atoms with E-state index in [-0.39, 0.29) is 60.2 Å². The standard InChI is InChI=1S/C31H46O8/c1-17-25(33)7-8-28(37-17)39-21-9-11-29(3)20(14-21)5-6-23-24(29)15-26(38-18(2)32)30(4)22(10-12-31(23,30)35)19-13-27(34)36-16-19/h13,17,20-26,28,33,35H,5-12,14-16H2,1-4H3. The first-order valence-corrected chi connectivity index (χ1v) is 15.2. The fraction of sp³-hybridized carbons (Fsp3) is 0.871. The lowest BCUT2D eigenvalue weighted by Gasteiger charge is -2.65. The number of rotatable bonds is 4. The Morgan fingerprint density at radius 1 is 1.05 bits per heavy atom. The maximum Gasteiger partial charge on any atom is 0.331 e. The van der Waals surface area contributed by atoms with E-state index in [4.69, 9.17) is 18.9 Å². The zero-order valence-electron chi connectivity index (χ0n) is 23.9. The summed E-state index contributed by atoms with van der Waals surface area (Å²) in [5.41, 5.74) is -0.679. The number of aliphatic hydroxyl groups is 2. The van der Waals surface area contributed by atoms with Gasteiger partial charge in [-0.3, -0.25) is 4.79 Å². The highest BCUT2D eigenvalue weighted by atomic mass is 16.7. The smallest absolute Gasteiger partial charge is 0.331 e. The van der Waals surface area contributed by atoms with Gasteiger partial charge in [0.15, 0.2) is 6.29 Å². The van der Waals surface area contributed by atoms with Crippen molar-refractivity contribution in [3.8, 4) is 0 Å². The molecule has 0 aromatic heterocycles. The van der Waals surface area contributed by atoms with Gasteiger partial charge in [-0.25, -0.2) is 4.79 Å². The summed E-state index contributed by atoms with van der Waals surface area (Å²) in [6, 6.07) is 0. The second kappa shape index (κ2) is 9.81. The van der Waals surface area contributed by atoms with Crippen molar-refractivity contribution < 1.29 is 38.7 Å². The highest BCUT2D eigenvalue weighted by molar-refractivity contribution is 5.85. The van der Waals surface area contributed by atoms with Gasteiger partial charge in [0, 0.05) is 24.8 Å². The molecule has 0 aromatic rings. The van der Waals surface area contributed by atoms with E-state index in [1.54, 1.807) is 6.08 Å². The Morgan fingerprint density at radius 2 is 1.85 bits per heavy atom. The van der Waals surface area contributed by atoms with Gasteiger partial charge in [-0.15, -0.1) is 0 Å². The molecule has 6 aliphatic rings. The van der Waals surface area contributed by atoms with Crippen LogP contribution in [0.25, 0.3) is 0 Å². The molecule has 2 aliphatic heterocycles. The van der Waals surface area contributed by atoms with Gasteiger partial charge >= 0.3 is 11.9 Å². The van der Waals surface area contributed by atoms with E-state index in [2.05, 4.69) is 13.8 Å². The Kier molecular flexibility index (Phi) is 6.96. The average molecular weight is 547 g/mol. The molecule has 0 amide bonds. The topological polar surface area (TPSA) is 112 Å². The quantitative estimate of drug-likeness (QED) is 0.401. The Labute approximate surface area is 231 Å². The minimum absolute atomic E-state index is 0.0267. The van der Waals surface area contributed by atoms with Crippen LogP contribution in [0.2, 0.25) is 0 Å². The Morgan fingerprint density at radius 3 is 2.54 bits per heavy atom. The summed E-state index contributed by atoms with van der Waals surface area (Å²) in [7, 11) is 0.